The first-order chi connectivity index (χ1) is 2.97. The zero-order valence-corrected chi connectivity index (χ0v) is 4.15. The van der Waals surface area contributed by atoms with Crippen LogP contribution >= 0.6 is 8.01 Å². The van der Waals surface area contributed by atoms with Gasteiger partial charge in [-0.15, -0.1) is 0 Å². The first kappa shape index (κ1) is 2.98. The van der Waals surface area contributed by atoms with Gasteiger partial charge in [-0.2, -0.15) is 0 Å². The van der Waals surface area contributed by atoms with Gasteiger partial charge in [-0.1, -0.05) is 0 Å². The lowest BCUT2D eigenvalue weighted by atomic mass is 11.0. The molecule has 0 radical (unpaired) electrons. The standard InChI is InChI=1S/C3H5O2P/c1-2-3(1)6-4-5-6/h3H,1-2H2. The summed E-state index contributed by atoms with van der Waals surface area (Å²) >= 11 is 0. The van der Waals surface area contributed by atoms with E-state index >= 15 is 0 Å². The quantitative estimate of drug-likeness (QED) is 0.510. The molecular weight excluding hydrogens is 99.0 g/mol. The van der Waals surface area contributed by atoms with Gasteiger partial charge in [0.15, 0.2) is 0 Å². The topological polar surface area (TPSA) is 26.3 Å². The fraction of sp³-hybridized carbons (Fsp3) is 1.00. The smallest absolute Gasteiger partial charge is 0.237 e. The second-order valence-electron chi connectivity index (χ2n) is 1.67. The number of hydrogen-bond donors (Lipinski definition) is 0. The lowest BCUT2D eigenvalue weighted by Gasteiger charge is -1.54. The molecule has 0 amide bonds. The van der Waals surface area contributed by atoms with Crippen molar-refractivity contribution in [3.8, 4) is 0 Å². The molecule has 1 saturated carbocycles. The first-order valence-corrected chi connectivity index (χ1v) is 3.35. The molecule has 0 bridgehead atoms. The van der Waals surface area contributed by atoms with Gasteiger partial charge in [-0.05, 0) is 12.8 Å². The van der Waals surface area contributed by atoms with Gasteiger partial charge in [0.2, 0.25) is 0 Å². The molecule has 0 aliphatic heterocycles. The average molecular weight is 104 g/mol. The van der Waals surface area contributed by atoms with Crippen LogP contribution in [0.2, 0.25) is 0 Å². The van der Waals surface area contributed by atoms with Crippen molar-refractivity contribution < 1.29 is 8.71 Å². The Bertz CT molecular complexity index is 115. The maximum absolute atomic E-state index is 4.60. The molecule has 6 heavy (non-hydrogen) atoms. The average Bonchev–Trinajstić information content (AvgIpc) is 2.26. The fourth-order valence-corrected chi connectivity index (χ4v) is 1.39. The third kappa shape index (κ3) is 0.335. The SMILES string of the molecule is C1CC1p1oo1. The minimum Gasteiger partial charge on any atom is -0.237 e. The van der Waals surface area contributed by atoms with Gasteiger partial charge in [0, 0.05) is 0 Å². The molecule has 1 aliphatic carbocycles. The molecule has 0 unspecified atom stereocenters. The Hall–Kier alpha value is -0.100. The van der Waals surface area contributed by atoms with E-state index in [1.54, 1.807) is 0 Å². The van der Waals surface area contributed by atoms with Crippen LogP contribution in [0, 0.1) is 0 Å². The molecule has 2 rings (SSSR count). The van der Waals surface area contributed by atoms with Crippen molar-refractivity contribution in [1.29, 1.82) is 0 Å². The third-order valence-corrected chi connectivity index (χ3v) is 2.44. The summed E-state index contributed by atoms with van der Waals surface area (Å²) in [6.07, 6.45) is 2.68. The summed E-state index contributed by atoms with van der Waals surface area (Å²) in [5.41, 5.74) is 0.833. The molecular formula is C3H5O2P. The van der Waals surface area contributed by atoms with Crippen LogP contribution < -0.4 is 0 Å². The maximum Gasteiger partial charge on any atom is 0.318 e. The van der Waals surface area contributed by atoms with E-state index < -0.39 is 0 Å². The fourth-order valence-electron chi connectivity index (χ4n) is 0.426. The Morgan fingerprint density at radius 1 is 1.33 bits per heavy atom. The van der Waals surface area contributed by atoms with E-state index in [1.165, 1.54) is 12.8 Å². The minimum atomic E-state index is -0.298. The van der Waals surface area contributed by atoms with Crippen LogP contribution in [0.25, 0.3) is 0 Å². The van der Waals surface area contributed by atoms with E-state index in [-0.39, 0.29) is 8.01 Å². The molecule has 0 atom stereocenters. The number of rotatable bonds is 1. The summed E-state index contributed by atoms with van der Waals surface area (Å²) in [6, 6.07) is 0. The Morgan fingerprint density at radius 3 is 2.17 bits per heavy atom. The van der Waals surface area contributed by atoms with E-state index in [0.717, 1.165) is 5.66 Å². The van der Waals surface area contributed by atoms with Gasteiger partial charge < -0.3 is 0 Å². The van der Waals surface area contributed by atoms with Crippen LogP contribution in [0.1, 0.15) is 18.5 Å². The Balaban J connectivity index is 2.15. The molecule has 1 aromatic rings. The van der Waals surface area contributed by atoms with Gasteiger partial charge in [-0.25, -0.2) is 8.71 Å². The van der Waals surface area contributed by atoms with E-state index in [1.807, 2.05) is 0 Å². The van der Waals surface area contributed by atoms with Crippen molar-refractivity contribution in [2.45, 2.75) is 18.5 Å². The van der Waals surface area contributed by atoms with Crippen molar-refractivity contribution in [1.82, 2.24) is 0 Å². The van der Waals surface area contributed by atoms with Crippen LogP contribution in [0.3, 0.4) is 0 Å². The van der Waals surface area contributed by atoms with Gasteiger partial charge in [-0.3, -0.25) is 0 Å². The summed E-state index contributed by atoms with van der Waals surface area (Å²) in [5, 5.41) is 0. The normalized spacial score (nSPS) is 22.7. The number of hydrogen-bond acceptors (Lipinski definition) is 2. The molecule has 0 aromatic carbocycles. The van der Waals surface area contributed by atoms with E-state index in [4.69, 9.17) is 0 Å². The van der Waals surface area contributed by atoms with Crippen LogP contribution in [-0.4, -0.2) is 0 Å². The van der Waals surface area contributed by atoms with Crippen LogP contribution in [0.4, 0.5) is 0 Å². The highest BCUT2D eigenvalue weighted by Crippen LogP contribution is 2.60. The summed E-state index contributed by atoms with van der Waals surface area (Å²) < 4.78 is 9.19. The van der Waals surface area contributed by atoms with Crippen molar-refractivity contribution in [3.63, 3.8) is 0 Å². The molecule has 0 saturated heterocycles. The predicted molar refractivity (Wildman–Crippen MR) is 22.0 cm³/mol. The molecule has 0 spiro atoms. The summed E-state index contributed by atoms with van der Waals surface area (Å²) in [5.74, 6) is 0. The van der Waals surface area contributed by atoms with Crippen molar-refractivity contribution in [2.24, 2.45) is 0 Å². The summed E-state index contributed by atoms with van der Waals surface area (Å²) in [7, 11) is -0.298. The van der Waals surface area contributed by atoms with Crippen LogP contribution in [0.5, 0.6) is 0 Å². The zero-order chi connectivity index (χ0) is 3.98. The predicted octanol–water partition coefficient (Wildman–Crippen LogP) is 2.19. The van der Waals surface area contributed by atoms with Crippen LogP contribution in [-0.2, 0) is 0 Å². The van der Waals surface area contributed by atoms with Crippen molar-refractivity contribution in [3.05, 3.63) is 0 Å². The summed E-state index contributed by atoms with van der Waals surface area (Å²) in [6.45, 7) is 0. The molecule has 2 nitrogen and oxygen atoms in total. The van der Waals surface area contributed by atoms with Crippen LogP contribution in [0.15, 0.2) is 8.71 Å². The molecule has 3 heteroatoms. The monoisotopic (exact) mass is 104 g/mol. The van der Waals surface area contributed by atoms with Crippen molar-refractivity contribution >= 4 is 8.01 Å². The minimum absolute atomic E-state index is 0.298. The highest BCUT2D eigenvalue weighted by molar-refractivity contribution is 7.40. The van der Waals surface area contributed by atoms with E-state index in [2.05, 4.69) is 8.71 Å². The largest absolute Gasteiger partial charge is 0.318 e. The molecule has 1 fully saturated rings. The first-order valence-electron chi connectivity index (χ1n) is 2.11. The van der Waals surface area contributed by atoms with Gasteiger partial charge in [0.1, 0.15) is 0 Å². The molecule has 0 N–H and O–H groups in total. The Labute approximate surface area is 36.3 Å². The van der Waals surface area contributed by atoms with Gasteiger partial charge >= 0.3 is 8.01 Å². The third-order valence-electron chi connectivity index (χ3n) is 1.01. The molecule has 1 heterocycles. The molecule has 1 aliphatic rings. The zero-order valence-electron chi connectivity index (χ0n) is 3.26. The van der Waals surface area contributed by atoms with Gasteiger partial charge in [0.05, 0.1) is 5.66 Å². The lowest BCUT2D eigenvalue weighted by Crippen LogP contribution is -1.32. The molecule has 1 aromatic heterocycles. The Morgan fingerprint density at radius 2 is 2.00 bits per heavy atom. The Kier molecular flexibility index (Phi) is 0.377. The second-order valence-corrected chi connectivity index (χ2v) is 3.26. The van der Waals surface area contributed by atoms with Gasteiger partial charge in [0.25, 0.3) is 0 Å². The highest BCUT2D eigenvalue weighted by Gasteiger charge is 2.33. The highest BCUT2D eigenvalue weighted by atomic mass is 31.1. The second kappa shape index (κ2) is 0.760. The van der Waals surface area contributed by atoms with E-state index in [9.17, 15) is 0 Å². The lowest BCUT2D eigenvalue weighted by molar-refractivity contribution is 0.264. The summed E-state index contributed by atoms with van der Waals surface area (Å²) in [4.78, 5) is 0. The van der Waals surface area contributed by atoms with Crippen molar-refractivity contribution in [2.75, 3.05) is 0 Å². The molecule has 34 valence electrons. The van der Waals surface area contributed by atoms with E-state index in [0.29, 0.717) is 0 Å². The maximum atomic E-state index is 4.60.